The Balaban J connectivity index is 1.21. The van der Waals surface area contributed by atoms with Gasteiger partial charge in [0.05, 0.1) is 53.7 Å². The highest BCUT2D eigenvalue weighted by atomic mass is 35.5. The van der Waals surface area contributed by atoms with E-state index in [-0.39, 0.29) is 55.3 Å². The van der Waals surface area contributed by atoms with Crippen LogP contribution in [-0.2, 0) is 33.0 Å². The van der Waals surface area contributed by atoms with Crippen LogP contribution in [0.2, 0.25) is 23.7 Å². The highest BCUT2D eigenvalue weighted by Gasteiger charge is 2.66. The van der Waals surface area contributed by atoms with E-state index in [0.717, 1.165) is 22.1 Å². The summed E-state index contributed by atoms with van der Waals surface area (Å²) in [6.07, 6.45) is -0.592. The van der Waals surface area contributed by atoms with Gasteiger partial charge in [0.25, 0.3) is 11.8 Å². The lowest BCUT2D eigenvalue weighted by atomic mass is 9.82. The molecule has 1 saturated heterocycles. The maximum Gasteiger partial charge on any atom is 0.264 e. The Morgan fingerprint density at radius 2 is 1.53 bits per heavy atom. The molecule has 2 aliphatic rings. The van der Waals surface area contributed by atoms with Crippen LogP contribution in [0.5, 0.6) is 11.5 Å². The number of aliphatic hydroxyl groups excluding tert-OH is 1. The third-order valence-electron chi connectivity index (χ3n) is 12.0. The minimum atomic E-state index is -2.55. The molecule has 1 fully saturated rings. The number of nitrogens with one attached hydrogen (secondary N) is 1. The number of ether oxygens (including phenoxy) is 3. The van der Waals surface area contributed by atoms with Crippen molar-refractivity contribution in [2.75, 3.05) is 37.6 Å². The maximum atomic E-state index is 15.3. The normalized spacial score (nSPS) is 19.7. The summed E-state index contributed by atoms with van der Waals surface area (Å²) in [5.74, 6) is 0.435. The van der Waals surface area contributed by atoms with Gasteiger partial charge in [-0.3, -0.25) is 14.4 Å². The van der Waals surface area contributed by atoms with E-state index in [1.165, 1.54) is 0 Å². The Morgan fingerprint density at radius 1 is 0.881 bits per heavy atom. The van der Waals surface area contributed by atoms with Crippen LogP contribution in [0.15, 0.2) is 121 Å². The predicted molar refractivity (Wildman–Crippen MR) is 233 cm³/mol. The minimum Gasteiger partial charge on any atom is -0.497 e. The summed E-state index contributed by atoms with van der Waals surface area (Å²) in [4.78, 5) is 46.0. The van der Waals surface area contributed by atoms with E-state index >= 15 is 4.79 Å². The zero-order valence-corrected chi connectivity index (χ0v) is 35.7. The number of amides is 3. The fourth-order valence-electron chi connectivity index (χ4n) is 8.98. The van der Waals surface area contributed by atoms with E-state index in [1.807, 2.05) is 78.9 Å². The van der Waals surface area contributed by atoms with Crippen molar-refractivity contribution in [2.45, 2.75) is 56.8 Å². The lowest BCUT2D eigenvalue weighted by Crippen LogP contribution is -2.52. The highest BCUT2D eigenvalue weighted by Crippen LogP contribution is 2.60. The van der Waals surface area contributed by atoms with Crippen molar-refractivity contribution in [3.8, 4) is 11.5 Å². The molecular formula is C47H50ClN3O7Si. The van der Waals surface area contributed by atoms with E-state index in [9.17, 15) is 14.7 Å². The quantitative estimate of drug-likeness (QED) is 0.110. The monoisotopic (exact) mass is 831 g/mol. The first-order valence-electron chi connectivity index (χ1n) is 19.8. The van der Waals surface area contributed by atoms with Crippen LogP contribution in [-0.4, -0.2) is 69.3 Å². The highest BCUT2D eigenvalue weighted by molar-refractivity contribution is 6.91. The smallest absolute Gasteiger partial charge is 0.264 e. The van der Waals surface area contributed by atoms with Gasteiger partial charge in [-0.05, 0) is 83.4 Å². The summed E-state index contributed by atoms with van der Waals surface area (Å²) in [7, 11) is 0.663. The van der Waals surface area contributed by atoms with E-state index in [0.29, 0.717) is 39.8 Å². The average molecular weight is 832 g/mol. The van der Waals surface area contributed by atoms with E-state index in [1.54, 1.807) is 54.4 Å². The molecule has 7 rings (SSSR count). The van der Waals surface area contributed by atoms with Crippen molar-refractivity contribution in [1.82, 2.24) is 4.90 Å². The first kappa shape index (κ1) is 41.7. The SMILES string of the molecule is COc1ccc(C(=O)Nc2ccc(CN3C(=O)[C@@]4(O[C@@H](CC(=O)N(CCO)Cc5ccccc5)[C@H]([Si](C)(C)c5ccc(OC)cc5)[C@H]4C)c4cc(Cl)ccc43)cc2)cc1. The molecule has 10 nitrogen and oxygen atoms in total. The third-order valence-corrected chi connectivity index (χ3v) is 16.6. The molecule has 0 radical (unpaired) electrons. The van der Waals surface area contributed by atoms with Crippen molar-refractivity contribution < 1.29 is 33.7 Å². The van der Waals surface area contributed by atoms with Crippen LogP contribution in [0.1, 0.15) is 40.4 Å². The molecule has 0 aliphatic carbocycles. The van der Waals surface area contributed by atoms with Gasteiger partial charge in [0.1, 0.15) is 11.5 Å². The Labute approximate surface area is 351 Å². The van der Waals surface area contributed by atoms with Gasteiger partial charge >= 0.3 is 0 Å². The molecule has 12 heteroatoms. The average Bonchev–Trinajstić information content (AvgIpc) is 3.67. The summed E-state index contributed by atoms with van der Waals surface area (Å²) in [5, 5.41) is 14.6. The minimum absolute atomic E-state index is 0.0308. The van der Waals surface area contributed by atoms with Crippen molar-refractivity contribution >= 4 is 54.0 Å². The molecular weight excluding hydrogens is 782 g/mol. The number of anilines is 2. The Hall–Kier alpha value is -5.46. The molecule has 5 aromatic carbocycles. The molecule has 0 bridgehead atoms. The van der Waals surface area contributed by atoms with E-state index in [2.05, 4.69) is 37.5 Å². The van der Waals surface area contributed by atoms with Crippen LogP contribution >= 0.6 is 11.6 Å². The van der Waals surface area contributed by atoms with Gasteiger partial charge in [-0.2, -0.15) is 0 Å². The Kier molecular flexibility index (Phi) is 12.3. The second-order valence-corrected chi connectivity index (χ2v) is 20.9. The zero-order valence-electron chi connectivity index (χ0n) is 34.0. The van der Waals surface area contributed by atoms with Crippen LogP contribution in [0.3, 0.4) is 0 Å². The van der Waals surface area contributed by atoms with E-state index in [4.69, 9.17) is 25.8 Å². The van der Waals surface area contributed by atoms with Crippen LogP contribution in [0.25, 0.3) is 0 Å². The maximum absolute atomic E-state index is 15.3. The fraction of sp³-hybridized carbons (Fsp3) is 0.298. The second-order valence-electron chi connectivity index (χ2n) is 15.8. The molecule has 4 atom stereocenters. The first-order valence-corrected chi connectivity index (χ1v) is 23.3. The molecule has 59 heavy (non-hydrogen) atoms. The van der Waals surface area contributed by atoms with Gasteiger partial charge in [-0.1, -0.05) is 91.4 Å². The van der Waals surface area contributed by atoms with Gasteiger partial charge in [-0.25, -0.2) is 0 Å². The lowest BCUT2D eigenvalue weighted by molar-refractivity contribution is -0.150. The number of methoxy groups -OCH3 is 2. The number of aliphatic hydroxyl groups is 1. The molecule has 306 valence electrons. The predicted octanol–water partition coefficient (Wildman–Crippen LogP) is 7.78. The van der Waals surface area contributed by atoms with E-state index < -0.39 is 19.8 Å². The standard InChI is InChI=1S/C47H50ClN3O7Si/c1-31-44(59(4,5)39-22-20-38(57-3)21-23-39)42(28-43(53)50(25-26-52)29-32-9-7-6-8-10-32)58-47(31)40-27-35(48)15-24-41(40)51(46(47)55)30-33-11-16-36(17-12-33)49-45(54)34-13-18-37(56-2)19-14-34/h6-24,27,31,42,44,52H,25-26,28-30H2,1-5H3,(H,49,54)/t31-,42+,44-,47+/m1/s1. The number of nitrogens with zero attached hydrogens (tertiary/aromatic N) is 2. The molecule has 5 aromatic rings. The number of carbonyl (C=O) groups is 3. The number of hydrogen-bond acceptors (Lipinski definition) is 7. The van der Waals surface area contributed by atoms with Crippen LogP contribution < -0.4 is 24.9 Å². The summed E-state index contributed by atoms with van der Waals surface area (Å²) in [6, 6.07) is 37.6. The van der Waals surface area contributed by atoms with Gasteiger partial charge in [0, 0.05) is 40.8 Å². The van der Waals surface area contributed by atoms with Crippen LogP contribution in [0.4, 0.5) is 11.4 Å². The third kappa shape index (κ3) is 8.25. The molecule has 1 spiro atoms. The van der Waals surface area contributed by atoms with Gasteiger partial charge in [0.15, 0.2) is 5.60 Å². The second kappa shape index (κ2) is 17.4. The molecule has 0 unspecified atom stereocenters. The summed E-state index contributed by atoms with van der Waals surface area (Å²) in [6.45, 7) is 7.19. The van der Waals surface area contributed by atoms with Crippen LogP contribution in [0, 0.1) is 5.92 Å². The topological polar surface area (TPSA) is 118 Å². The first-order chi connectivity index (χ1) is 28.4. The number of rotatable bonds is 14. The number of halogens is 1. The number of hydrogen-bond donors (Lipinski definition) is 2. The van der Waals surface area contributed by atoms with Gasteiger partial charge < -0.3 is 34.4 Å². The number of fused-ring (bicyclic) bond motifs is 2. The lowest BCUT2D eigenvalue weighted by Gasteiger charge is -2.37. The molecule has 0 aromatic heterocycles. The van der Waals surface area contributed by atoms with Gasteiger partial charge in [0.2, 0.25) is 5.91 Å². The summed E-state index contributed by atoms with van der Waals surface area (Å²) < 4.78 is 17.9. The van der Waals surface area contributed by atoms with Crippen molar-refractivity contribution in [2.24, 2.45) is 5.92 Å². The Morgan fingerprint density at radius 3 is 2.15 bits per heavy atom. The Bertz CT molecular complexity index is 2290. The molecule has 2 aliphatic heterocycles. The zero-order chi connectivity index (χ0) is 41.9. The largest absolute Gasteiger partial charge is 0.497 e. The van der Waals surface area contributed by atoms with Crippen molar-refractivity contribution in [3.63, 3.8) is 0 Å². The molecule has 3 amide bonds. The van der Waals surface area contributed by atoms with Gasteiger partial charge in [-0.15, -0.1) is 0 Å². The molecule has 2 N–H and O–H groups in total. The summed E-state index contributed by atoms with van der Waals surface area (Å²) in [5.41, 5.74) is 2.69. The fourth-order valence-corrected chi connectivity index (χ4v) is 13.2. The summed E-state index contributed by atoms with van der Waals surface area (Å²) >= 11 is 6.72. The molecule has 0 saturated carbocycles. The number of carbonyl (C=O) groups excluding carboxylic acids is 3. The number of benzene rings is 5. The molecule has 2 heterocycles. The van der Waals surface area contributed by atoms with Crippen molar-refractivity contribution in [1.29, 1.82) is 0 Å². The van der Waals surface area contributed by atoms with Crippen molar-refractivity contribution in [3.05, 3.63) is 149 Å².